The molecule has 26 heavy (non-hydrogen) atoms. The Morgan fingerprint density at radius 1 is 1.19 bits per heavy atom. The highest BCUT2D eigenvalue weighted by atomic mass is 16.6. The number of phenolic OH excluding ortho intramolecular Hbond substituents is 1. The van der Waals surface area contributed by atoms with Crippen molar-refractivity contribution in [1.82, 2.24) is 5.43 Å². The number of benzene rings is 3. The minimum atomic E-state index is -0.502. The number of fused-ring (bicyclic) bond motifs is 1. The highest BCUT2D eigenvalue weighted by molar-refractivity contribution is 6.03. The zero-order chi connectivity index (χ0) is 18.7. The van der Waals surface area contributed by atoms with Gasteiger partial charge in [-0.15, -0.1) is 0 Å². The van der Waals surface area contributed by atoms with E-state index in [2.05, 4.69) is 10.5 Å². The number of amides is 1. The normalized spacial score (nSPS) is 11.0. The second-order valence-electron chi connectivity index (χ2n) is 5.68. The van der Waals surface area contributed by atoms with E-state index in [1.807, 2.05) is 24.3 Å². The summed E-state index contributed by atoms with van der Waals surface area (Å²) in [6, 6.07) is 14.9. The Bertz CT molecular complexity index is 1040. The maximum Gasteiger partial charge on any atom is 0.272 e. The number of nitrogens with one attached hydrogen (secondary N) is 1. The molecule has 0 heterocycles. The summed E-state index contributed by atoms with van der Waals surface area (Å²) in [6.45, 7) is 1.56. The Hall–Kier alpha value is -3.74. The van der Waals surface area contributed by atoms with E-state index < -0.39 is 10.8 Å². The van der Waals surface area contributed by atoms with E-state index in [1.165, 1.54) is 24.4 Å². The van der Waals surface area contributed by atoms with E-state index >= 15 is 0 Å². The fourth-order valence-electron chi connectivity index (χ4n) is 2.64. The molecule has 3 rings (SSSR count). The van der Waals surface area contributed by atoms with E-state index in [0.29, 0.717) is 11.1 Å². The molecule has 0 fully saturated rings. The van der Waals surface area contributed by atoms with Crippen LogP contribution in [0.15, 0.2) is 59.7 Å². The molecule has 3 aromatic rings. The topological polar surface area (TPSA) is 105 Å². The lowest BCUT2D eigenvalue weighted by molar-refractivity contribution is -0.385. The third-order valence-corrected chi connectivity index (χ3v) is 3.96. The molecule has 0 aliphatic carbocycles. The van der Waals surface area contributed by atoms with E-state index in [-0.39, 0.29) is 17.0 Å². The highest BCUT2D eigenvalue weighted by Gasteiger charge is 2.13. The van der Waals surface area contributed by atoms with Crippen molar-refractivity contribution in [1.29, 1.82) is 0 Å². The Labute approximate surface area is 148 Å². The number of carbonyl (C=O) groups excluding carboxylic acids is 1. The average molecular weight is 349 g/mol. The average Bonchev–Trinajstić information content (AvgIpc) is 2.63. The highest BCUT2D eigenvalue weighted by Crippen LogP contribution is 2.25. The molecular weight excluding hydrogens is 334 g/mol. The van der Waals surface area contributed by atoms with E-state index in [9.17, 15) is 20.0 Å². The van der Waals surface area contributed by atoms with Gasteiger partial charge in [-0.2, -0.15) is 5.10 Å². The smallest absolute Gasteiger partial charge is 0.272 e. The molecule has 0 unspecified atom stereocenters. The van der Waals surface area contributed by atoms with Gasteiger partial charge in [0, 0.05) is 22.8 Å². The van der Waals surface area contributed by atoms with Crippen LogP contribution < -0.4 is 5.43 Å². The van der Waals surface area contributed by atoms with Crippen LogP contribution in [-0.2, 0) is 0 Å². The molecule has 0 saturated carbocycles. The van der Waals surface area contributed by atoms with Gasteiger partial charge in [0.05, 0.1) is 11.1 Å². The predicted octanol–water partition coefficient (Wildman–Crippen LogP) is 3.53. The van der Waals surface area contributed by atoms with Crippen LogP contribution in [0.3, 0.4) is 0 Å². The monoisotopic (exact) mass is 349 g/mol. The molecule has 2 N–H and O–H groups in total. The molecule has 7 nitrogen and oxygen atoms in total. The van der Waals surface area contributed by atoms with Crippen molar-refractivity contribution in [2.24, 2.45) is 5.10 Å². The summed E-state index contributed by atoms with van der Waals surface area (Å²) in [5, 5.41) is 26.5. The molecule has 0 aliphatic heterocycles. The first-order chi connectivity index (χ1) is 12.5. The van der Waals surface area contributed by atoms with Crippen LogP contribution in [0.5, 0.6) is 5.75 Å². The number of hydrogen-bond acceptors (Lipinski definition) is 5. The molecule has 0 aliphatic rings. The van der Waals surface area contributed by atoms with Gasteiger partial charge < -0.3 is 5.11 Å². The number of nitro groups is 1. The molecule has 0 saturated heterocycles. The number of hydrogen-bond donors (Lipinski definition) is 2. The van der Waals surface area contributed by atoms with Gasteiger partial charge >= 0.3 is 0 Å². The van der Waals surface area contributed by atoms with Gasteiger partial charge in [-0.3, -0.25) is 14.9 Å². The molecule has 3 aromatic carbocycles. The minimum absolute atomic E-state index is 0.0490. The van der Waals surface area contributed by atoms with Gasteiger partial charge in [0.15, 0.2) is 0 Å². The Balaban J connectivity index is 1.81. The number of hydrazone groups is 1. The van der Waals surface area contributed by atoms with Crippen molar-refractivity contribution in [3.05, 3.63) is 81.4 Å². The molecule has 1 amide bonds. The van der Waals surface area contributed by atoms with Crippen molar-refractivity contribution in [3.8, 4) is 5.75 Å². The number of phenols is 1. The summed E-state index contributed by atoms with van der Waals surface area (Å²) in [4.78, 5) is 22.5. The third kappa shape index (κ3) is 3.36. The summed E-state index contributed by atoms with van der Waals surface area (Å²) in [6.07, 6.45) is 1.37. The second kappa shape index (κ2) is 7.02. The lowest BCUT2D eigenvalue weighted by atomic mass is 10.0. The molecule has 0 spiro atoms. The molecule has 130 valence electrons. The van der Waals surface area contributed by atoms with Gasteiger partial charge in [-0.1, -0.05) is 30.3 Å². The first-order valence-corrected chi connectivity index (χ1v) is 7.76. The zero-order valence-electron chi connectivity index (χ0n) is 13.8. The molecule has 0 atom stereocenters. The van der Waals surface area contributed by atoms with Crippen LogP contribution in [0.1, 0.15) is 21.5 Å². The van der Waals surface area contributed by atoms with Crippen LogP contribution in [0.2, 0.25) is 0 Å². The number of carbonyl (C=O) groups is 1. The van der Waals surface area contributed by atoms with Crippen molar-refractivity contribution in [2.75, 3.05) is 0 Å². The number of aryl methyl sites for hydroxylation is 1. The summed E-state index contributed by atoms with van der Waals surface area (Å²) >= 11 is 0. The SMILES string of the molecule is Cc1cc(C(=O)N/N=C/c2c(O)ccc3ccccc23)ccc1[N+](=O)[O-]. The lowest BCUT2D eigenvalue weighted by Gasteiger charge is -2.05. The molecule has 0 aromatic heterocycles. The van der Waals surface area contributed by atoms with Crippen LogP contribution in [0, 0.1) is 17.0 Å². The van der Waals surface area contributed by atoms with Gasteiger partial charge in [0.25, 0.3) is 11.6 Å². The van der Waals surface area contributed by atoms with Crippen molar-refractivity contribution < 1.29 is 14.8 Å². The summed E-state index contributed by atoms with van der Waals surface area (Å²) in [5.74, 6) is -0.452. The first-order valence-electron chi connectivity index (χ1n) is 7.76. The summed E-state index contributed by atoms with van der Waals surface area (Å²) < 4.78 is 0. The van der Waals surface area contributed by atoms with Crippen molar-refractivity contribution >= 4 is 28.6 Å². The number of aromatic hydroxyl groups is 1. The largest absolute Gasteiger partial charge is 0.507 e. The quantitative estimate of drug-likeness (QED) is 0.427. The molecule has 7 heteroatoms. The van der Waals surface area contributed by atoms with Crippen LogP contribution >= 0.6 is 0 Å². The minimum Gasteiger partial charge on any atom is -0.507 e. The van der Waals surface area contributed by atoms with Crippen LogP contribution in [-0.4, -0.2) is 22.2 Å². The molecular formula is C19H15N3O4. The lowest BCUT2D eigenvalue weighted by Crippen LogP contribution is -2.17. The first kappa shape index (κ1) is 17.1. The second-order valence-corrected chi connectivity index (χ2v) is 5.68. The fourth-order valence-corrected chi connectivity index (χ4v) is 2.64. The van der Waals surface area contributed by atoms with Crippen molar-refractivity contribution in [3.63, 3.8) is 0 Å². The summed E-state index contributed by atoms with van der Waals surface area (Å²) in [7, 11) is 0. The van der Waals surface area contributed by atoms with Crippen LogP contribution in [0.25, 0.3) is 10.8 Å². The molecule has 0 radical (unpaired) electrons. The number of rotatable bonds is 4. The van der Waals surface area contributed by atoms with Gasteiger partial charge in [-0.05, 0) is 35.9 Å². The van der Waals surface area contributed by atoms with Crippen LogP contribution in [0.4, 0.5) is 5.69 Å². The van der Waals surface area contributed by atoms with E-state index in [4.69, 9.17) is 0 Å². The van der Waals surface area contributed by atoms with E-state index in [0.717, 1.165) is 10.8 Å². The third-order valence-electron chi connectivity index (χ3n) is 3.96. The number of nitro benzene ring substituents is 1. The molecule has 0 bridgehead atoms. The predicted molar refractivity (Wildman–Crippen MR) is 98.5 cm³/mol. The summed E-state index contributed by atoms with van der Waals surface area (Å²) in [5.41, 5.74) is 3.45. The Morgan fingerprint density at radius 3 is 2.69 bits per heavy atom. The van der Waals surface area contributed by atoms with E-state index in [1.54, 1.807) is 19.1 Å². The van der Waals surface area contributed by atoms with Gasteiger partial charge in [0.2, 0.25) is 0 Å². The Kier molecular flexibility index (Phi) is 4.62. The maximum absolute atomic E-state index is 12.2. The standard InChI is InChI=1S/C19H15N3O4/c1-12-10-14(6-8-17(12)22(25)26)19(24)21-20-11-16-15-5-3-2-4-13(15)7-9-18(16)23/h2-11,23H,1H3,(H,21,24)/b20-11+. The van der Waals surface area contributed by atoms with Gasteiger partial charge in [-0.25, -0.2) is 5.43 Å². The zero-order valence-corrected chi connectivity index (χ0v) is 13.8. The Morgan fingerprint density at radius 2 is 1.96 bits per heavy atom. The maximum atomic E-state index is 12.2. The van der Waals surface area contributed by atoms with Gasteiger partial charge in [0.1, 0.15) is 5.75 Å². The fraction of sp³-hybridized carbons (Fsp3) is 0.0526. The number of nitrogens with zero attached hydrogens (tertiary/aromatic N) is 2. The van der Waals surface area contributed by atoms with Crippen molar-refractivity contribution in [2.45, 2.75) is 6.92 Å².